The van der Waals surface area contributed by atoms with E-state index < -0.39 is 0 Å². The van der Waals surface area contributed by atoms with Crippen molar-refractivity contribution >= 4 is 12.2 Å². The van der Waals surface area contributed by atoms with Crippen LogP contribution >= 0.6 is 0 Å². The summed E-state index contributed by atoms with van der Waals surface area (Å²) < 4.78 is 0. The van der Waals surface area contributed by atoms with Gasteiger partial charge in [-0.2, -0.15) is 0 Å². The van der Waals surface area contributed by atoms with Crippen molar-refractivity contribution in [3.05, 3.63) is 128 Å². The Balaban J connectivity index is 1.39. The highest BCUT2D eigenvalue weighted by atomic mass is 14.4. The molecule has 6 rings (SSSR count). The fraction of sp³-hybridized carbons (Fsp3) is 0.378. The molecule has 0 spiro atoms. The molecule has 4 aromatic carbocycles. The molecule has 0 aromatic heterocycles. The third kappa shape index (κ3) is 5.90. The van der Waals surface area contributed by atoms with Crippen molar-refractivity contribution in [3.63, 3.8) is 0 Å². The minimum Gasteiger partial charge on any atom is -0.0613 e. The van der Waals surface area contributed by atoms with Gasteiger partial charge in [0.05, 0.1) is 0 Å². The van der Waals surface area contributed by atoms with E-state index in [0.717, 1.165) is 12.8 Å². The fourth-order valence-corrected chi connectivity index (χ4v) is 7.25. The van der Waals surface area contributed by atoms with Gasteiger partial charge in [0.2, 0.25) is 0 Å². The third-order valence-corrected chi connectivity index (χ3v) is 10.6. The van der Waals surface area contributed by atoms with Crippen LogP contribution in [-0.4, -0.2) is 0 Å². The van der Waals surface area contributed by atoms with Gasteiger partial charge in [0, 0.05) is 5.41 Å². The lowest BCUT2D eigenvalue weighted by atomic mass is 9.75. The van der Waals surface area contributed by atoms with Gasteiger partial charge >= 0.3 is 0 Å². The molecule has 232 valence electrons. The van der Waals surface area contributed by atoms with E-state index in [1.165, 1.54) is 77.9 Å². The summed E-state index contributed by atoms with van der Waals surface area (Å²) in [4.78, 5) is 0. The summed E-state index contributed by atoms with van der Waals surface area (Å²) in [6, 6.07) is 28.4. The summed E-state index contributed by atoms with van der Waals surface area (Å²) in [7, 11) is 0. The van der Waals surface area contributed by atoms with Gasteiger partial charge in [-0.25, -0.2) is 0 Å². The van der Waals surface area contributed by atoms with E-state index in [0.29, 0.717) is 23.7 Å². The summed E-state index contributed by atoms with van der Waals surface area (Å²) in [5, 5.41) is 0. The van der Waals surface area contributed by atoms with Gasteiger partial charge in [-0.1, -0.05) is 165 Å². The Bertz CT molecular complexity index is 1630. The zero-order valence-corrected chi connectivity index (χ0v) is 29.3. The molecular weight excluding hydrogens is 540 g/mol. The maximum absolute atomic E-state index is 2.54. The van der Waals surface area contributed by atoms with E-state index in [4.69, 9.17) is 0 Å². The monoisotopic (exact) mass is 592 g/mol. The molecule has 0 aliphatic heterocycles. The lowest BCUT2D eigenvalue weighted by Crippen LogP contribution is -2.18. The first-order valence-electron chi connectivity index (χ1n) is 17.3. The number of fused-ring (bicyclic) bond motifs is 2. The van der Waals surface area contributed by atoms with Crippen LogP contribution in [0.4, 0.5) is 0 Å². The molecule has 2 aliphatic carbocycles. The Kier molecular flexibility index (Phi) is 8.32. The summed E-state index contributed by atoms with van der Waals surface area (Å²) in [5.41, 5.74) is 20.0. The van der Waals surface area contributed by atoms with Crippen LogP contribution < -0.4 is 0 Å². The van der Waals surface area contributed by atoms with Crippen LogP contribution in [0.1, 0.15) is 137 Å². The van der Waals surface area contributed by atoms with Crippen LogP contribution in [-0.2, 0) is 12.8 Å². The molecule has 0 atom stereocenters. The molecule has 0 radical (unpaired) electrons. The van der Waals surface area contributed by atoms with E-state index in [-0.39, 0.29) is 5.41 Å². The molecule has 0 amide bonds. The first kappa shape index (κ1) is 31.3. The molecule has 0 bridgehead atoms. The Morgan fingerprint density at radius 2 is 0.800 bits per heavy atom. The molecule has 45 heavy (non-hydrogen) atoms. The van der Waals surface area contributed by atoms with Crippen molar-refractivity contribution in [1.29, 1.82) is 0 Å². The fourth-order valence-electron chi connectivity index (χ4n) is 7.25. The second-order valence-electron chi connectivity index (χ2n) is 15.5. The smallest absolute Gasteiger partial charge is 0.00773 e. The number of hydrogen-bond acceptors (Lipinski definition) is 0. The maximum Gasteiger partial charge on any atom is 0.00773 e. The average Bonchev–Trinajstić information content (AvgIpc) is 3.66. The van der Waals surface area contributed by atoms with Gasteiger partial charge in [0.1, 0.15) is 0 Å². The molecular formula is C45H52. The largest absolute Gasteiger partial charge is 0.0613 e. The standard InChI is InChI=1S/C45H52/c1-27(2)33-17-34(28(3)4)20-37(19-33)41-15-11-13-31-23-39(25-43(31)41)45(9,10)40-24-32-14-12-16-42(44(32)26-40)38-21-35(29(5)6)18-36(22-38)30(7)8/h11-22,25-30H,23-24H2,1-10H3. The van der Waals surface area contributed by atoms with Crippen molar-refractivity contribution in [2.75, 3.05) is 0 Å². The number of rotatable bonds is 8. The highest BCUT2D eigenvalue weighted by molar-refractivity contribution is 5.85. The van der Waals surface area contributed by atoms with Crippen molar-refractivity contribution < 1.29 is 0 Å². The Morgan fingerprint density at radius 3 is 1.11 bits per heavy atom. The van der Waals surface area contributed by atoms with Gasteiger partial charge in [0.25, 0.3) is 0 Å². The van der Waals surface area contributed by atoms with Crippen molar-refractivity contribution in [2.24, 2.45) is 5.41 Å². The predicted octanol–water partition coefficient (Wildman–Crippen LogP) is 13.1. The first-order valence-corrected chi connectivity index (χ1v) is 17.3. The van der Waals surface area contributed by atoms with Crippen molar-refractivity contribution in [1.82, 2.24) is 0 Å². The minimum atomic E-state index is -0.0294. The Morgan fingerprint density at radius 1 is 0.467 bits per heavy atom. The van der Waals surface area contributed by atoms with E-state index in [2.05, 4.69) is 154 Å². The zero-order valence-electron chi connectivity index (χ0n) is 29.3. The second-order valence-corrected chi connectivity index (χ2v) is 15.5. The first-order chi connectivity index (χ1) is 21.3. The lowest BCUT2D eigenvalue weighted by molar-refractivity contribution is 0.526. The summed E-state index contributed by atoms with van der Waals surface area (Å²) >= 11 is 0. The Labute approximate surface area is 273 Å². The summed E-state index contributed by atoms with van der Waals surface area (Å²) in [6.07, 6.45) is 7.11. The van der Waals surface area contributed by atoms with Gasteiger partial charge < -0.3 is 0 Å². The Hall–Kier alpha value is -3.64. The molecule has 0 unspecified atom stereocenters. The molecule has 0 saturated heterocycles. The zero-order chi connectivity index (χ0) is 32.2. The SMILES string of the molecule is CC(C)c1cc(-c2cccc3c2C=C(C(C)(C)C2=Cc4c(cccc4-c4cc(C(C)C)cc(C(C)C)c4)C2)C3)cc(C(C)C)c1. The van der Waals surface area contributed by atoms with E-state index in [9.17, 15) is 0 Å². The van der Waals surface area contributed by atoms with Crippen LogP contribution in [0.15, 0.2) is 83.9 Å². The van der Waals surface area contributed by atoms with Crippen LogP contribution in [0.3, 0.4) is 0 Å². The molecule has 0 heterocycles. The average molecular weight is 593 g/mol. The van der Waals surface area contributed by atoms with E-state index >= 15 is 0 Å². The van der Waals surface area contributed by atoms with Crippen LogP contribution in [0, 0.1) is 5.41 Å². The predicted molar refractivity (Wildman–Crippen MR) is 197 cm³/mol. The lowest BCUT2D eigenvalue weighted by Gasteiger charge is -2.28. The number of benzene rings is 4. The second kappa shape index (κ2) is 11.9. The van der Waals surface area contributed by atoms with Gasteiger partial charge in [-0.15, -0.1) is 0 Å². The third-order valence-electron chi connectivity index (χ3n) is 10.6. The molecule has 2 aliphatic rings. The normalized spacial score (nSPS) is 14.4. The van der Waals surface area contributed by atoms with E-state index in [1.807, 2.05) is 0 Å². The molecule has 4 aromatic rings. The van der Waals surface area contributed by atoms with Crippen LogP contribution in [0.25, 0.3) is 34.4 Å². The van der Waals surface area contributed by atoms with Crippen molar-refractivity contribution in [3.8, 4) is 22.3 Å². The minimum absolute atomic E-state index is 0.0294. The number of hydrogen-bond donors (Lipinski definition) is 0. The molecule has 0 nitrogen and oxygen atoms in total. The quantitative estimate of drug-likeness (QED) is 0.191. The molecule has 0 heteroatoms. The van der Waals surface area contributed by atoms with Gasteiger partial charge in [-0.3, -0.25) is 0 Å². The summed E-state index contributed by atoms with van der Waals surface area (Å²) in [6.45, 7) is 23.4. The van der Waals surface area contributed by atoms with Gasteiger partial charge in [-0.05, 0) is 103 Å². The highest BCUT2D eigenvalue weighted by Gasteiger charge is 2.34. The molecule has 0 saturated carbocycles. The maximum atomic E-state index is 2.54. The summed E-state index contributed by atoms with van der Waals surface area (Å²) in [5.74, 6) is 2.04. The topological polar surface area (TPSA) is 0 Å². The highest BCUT2D eigenvalue weighted by Crippen LogP contribution is 2.49. The molecule has 0 N–H and O–H groups in total. The van der Waals surface area contributed by atoms with Gasteiger partial charge in [0.15, 0.2) is 0 Å². The number of allylic oxidation sites excluding steroid dienone is 2. The van der Waals surface area contributed by atoms with Crippen LogP contribution in [0.5, 0.6) is 0 Å². The van der Waals surface area contributed by atoms with Crippen molar-refractivity contribution in [2.45, 2.75) is 106 Å². The molecule has 0 fully saturated rings. The van der Waals surface area contributed by atoms with Crippen LogP contribution in [0.2, 0.25) is 0 Å². The van der Waals surface area contributed by atoms with E-state index in [1.54, 1.807) is 0 Å².